The Morgan fingerprint density at radius 2 is 1.77 bits per heavy atom. The summed E-state index contributed by atoms with van der Waals surface area (Å²) in [7, 11) is 0. The summed E-state index contributed by atoms with van der Waals surface area (Å²) < 4.78 is 2.21. The lowest BCUT2D eigenvalue weighted by Gasteiger charge is -1.94. The van der Waals surface area contributed by atoms with Crippen LogP contribution in [-0.4, -0.2) is 0 Å². The second kappa shape index (κ2) is 7.99. The van der Waals surface area contributed by atoms with Crippen LogP contribution in [0.5, 0.6) is 0 Å². The van der Waals surface area contributed by atoms with Crippen molar-refractivity contribution in [3.8, 4) is 0 Å². The SMILES string of the molecule is C=CCCCC[n+]1ccccc1.[Br-]. The highest BCUT2D eigenvalue weighted by atomic mass is 79.9. The minimum absolute atomic E-state index is 0. The fraction of sp³-hybridized carbons (Fsp3) is 0.364. The van der Waals surface area contributed by atoms with Crippen LogP contribution < -0.4 is 21.5 Å². The van der Waals surface area contributed by atoms with Crippen LogP contribution in [0.25, 0.3) is 0 Å². The average Bonchev–Trinajstić information content (AvgIpc) is 2.14. The zero-order valence-corrected chi connectivity index (χ0v) is 9.41. The second-order valence-electron chi connectivity index (χ2n) is 2.90. The molecule has 0 aliphatic carbocycles. The number of halogens is 1. The molecule has 0 saturated carbocycles. The maximum absolute atomic E-state index is 3.70. The second-order valence-corrected chi connectivity index (χ2v) is 2.90. The predicted molar refractivity (Wildman–Crippen MR) is 50.7 cm³/mol. The van der Waals surface area contributed by atoms with E-state index in [-0.39, 0.29) is 17.0 Å². The lowest BCUT2D eigenvalue weighted by atomic mass is 10.2. The van der Waals surface area contributed by atoms with Crippen LogP contribution >= 0.6 is 0 Å². The highest BCUT2D eigenvalue weighted by Gasteiger charge is 1.95. The van der Waals surface area contributed by atoms with Crippen LogP contribution in [-0.2, 0) is 6.54 Å². The number of allylic oxidation sites excluding steroid dienone is 1. The molecule has 0 amide bonds. The number of hydrogen-bond donors (Lipinski definition) is 0. The molecule has 0 N–H and O–H groups in total. The molecular formula is C11H16BrN. The first-order chi connectivity index (χ1) is 5.93. The summed E-state index contributed by atoms with van der Waals surface area (Å²) in [6.45, 7) is 4.82. The molecule has 2 heteroatoms. The first-order valence-corrected chi connectivity index (χ1v) is 4.48. The van der Waals surface area contributed by atoms with Crippen molar-refractivity contribution in [2.24, 2.45) is 0 Å². The van der Waals surface area contributed by atoms with Crippen molar-refractivity contribution >= 4 is 0 Å². The minimum Gasteiger partial charge on any atom is -1.00 e. The van der Waals surface area contributed by atoms with Crippen molar-refractivity contribution in [1.82, 2.24) is 0 Å². The van der Waals surface area contributed by atoms with E-state index in [1.807, 2.05) is 12.1 Å². The van der Waals surface area contributed by atoms with Crippen molar-refractivity contribution in [1.29, 1.82) is 0 Å². The van der Waals surface area contributed by atoms with Gasteiger partial charge in [-0.1, -0.05) is 12.1 Å². The van der Waals surface area contributed by atoms with Gasteiger partial charge in [-0.15, -0.1) is 6.58 Å². The predicted octanol–water partition coefficient (Wildman–Crippen LogP) is -0.666. The summed E-state index contributed by atoms with van der Waals surface area (Å²) in [4.78, 5) is 0. The summed E-state index contributed by atoms with van der Waals surface area (Å²) in [5.74, 6) is 0. The highest BCUT2D eigenvalue weighted by molar-refractivity contribution is 4.83. The Balaban J connectivity index is 0.00000144. The Morgan fingerprint density at radius 1 is 1.08 bits per heavy atom. The maximum atomic E-state index is 3.70. The van der Waals surface area contributed by atoms with Gasteiger partial charge in [0.25, 0.3) is 0 Å². The molecule has 0 spiro atoms. The van der Waals surface area contributed by atoms with E-state index in [1.54, 1.807) is 0 Å². The van der Waals surface area contributed by atoms with E-state index in [4.69, 9.17) is 0 Å². The number of rotatable bonds is 5. The Labute approximate surface area is 90.9 Å². The number of aryl methyl sites for hydroxylation is 1. The summed E-state index contributed by atoms with van der Waals surface area (Å²) in [5, 5.41) is 0. The molecule has 0 radical (unpaired) electrons. The molecule has 0 aliphatic heterocycles. The fourth-order valence-corrected chi connectivity index (χ4v) is 1.17. The zero-order chi connectivity index (χ0) is 8.65. The lowest BCUT2D eigenvalue weighted by Crippen LogP contribution is -3.00. The maximum Gasteiger partial charge on any atom is 0.168 e. The van der Waals surface area contributed by atoms with Crippen molar-refractivity contribution in [2.75, 3.05) is 0 Å². The van der Waals surface area contributed by atoms with Crippen molar-refractivity contribution in [3.63, 3.8) is 0 Å². The van der Waals surface area contributed by atoms with Crippen molar-refractivity contribution in [2.45, 2.75) is 25.8 Å². The number of unbranched alkanes of at least 4 members (excludes halogenated alkanes) is 2. The molecule has 1 rings (SSSR count). The van der Waals surface area contributed by atoms with E-state index < -0.39 is 0 Å². The van der Waals surface area contributed by atoms with Crippen LogP contribution in [0.1, 0.15) is 19.3 Å². The fourth-order valence-electron chi connectivity index (χ4n) is 1.17. The third-order valence-electron chi connectivity index (χ3n) is 1.85. The molecule has 0 atom stereocenters. The Bertz CT molecular complexity index is 221. The van der Waals surface area contributed by atoms with Crippen LogP contribution in [0.4, 0.5) is 0 Å². The van der Waals surface area contributed by atoms with Gasteiger partial charge in [-0.3, -0.25) is 0 Å². The smallest absolute Gasteiger partial charge is 0.168 e. The molecule has 72 valence electrons. The molecule has 1 aromatic heterocycles. The van der Waals surface area contributed by atoms with E-state index in [9.17, 15) is 0 Å². The van der Waals surface area contributed by atoms with Crippen LogP contribution in [0.3, 0.4) is 0 Å². The number of nitrogens with zero attached hydrogens (tertiary/aromatic N) is 1. The normalized spacial score (nSPS) is 8.92. The molecule has 0 fully saturated rings. The van der Waals surface area contributed by atoms with Gasteiger partial charge in [0.1, 0.15) is 6.54 Å². The van der Waals surface area contributed by atoms with Gasteiger partial charge < -0.3 is 17.0 Å². The van der Waals surface area contributed by atoms with E-state index in [1.165, 1.54) is 12.8 Å². The molecule has 1 aromatic rings. The van der Waals surface area contributed by atoms with Crippen molar-refractivity contribution < 1.29 is 21.5 Å². The minimum atomic E-state index is 0. The summed E-state index contributed by atoms with van der Waals surface area (Å²) >= 11 is 0. The molecule has 0 aliphatic rings. The third kappa shape index (κ3) is 5.58. The van der Waals surface area contributed by atoms with Gasteiger partial charge in [0.15, 0.2) is 12.4 Å². The van der Waals surface area contributed by atoms with Crippen LogP contribution in [0.2, 0.25) is 0 Å². The Hall–Kier alpha value is -0.630. The number of pyridine rings is 1. The molecule has 0 saturated heterocycles. The van der Waals surface area contributed by atoms with E-state index >= 15 is 0 Å². The average molecular weight is 242 g/mol. The first kappa shape index (κ1) is 12.4. The van der Waals surface area contributed by atoms with E-state index in [2.05, 4.69) is 35.7 Å². The molecule has 1 heterocycles. The topological polar surface area (TPSA) is 3.88 Å². The molecule has 0 bridgehead atoms. The van der Waals surface area contributed by atoms with Gasteiger partial charge >= 0.3 is 0 Å². The van der Waals surface area contributed by atoms with E-state index in [0.29, 0.717) is 0 Å². The molecular weight excluding hydrogens is 226 g/mol. The lowest BCUT2D eigenvalue weighted by molar-refractivity contribution is -0.697. The van der Waals surface area contributed by atoms with Gasteiger partial charge in [-0.25, -0.2) is 4.57 Å². The molecule has 0 aromatic carbocycles. The molecule has 1 nitrogen and oxygen atoms in total. The first-order valence-electron chi connectivity index (χ1n) is 4.48. The number of hydrogen-bond acceptors (Lipinski definition) is 0. The van der Waals surface area contributed by atoms with E-state index in [0.717, 1.165) is 13.0 Å². The Kier molecular flexibility index (Phi) is 7.60. The van der Waals surface area contributed by atoms with Gasteiger partial charge in [-0.2, -0.15) is 0 Å². The quantitative estimate of drug-likeness (QED) is 0.366. The van der Waals surface area contributed by atoms with Gasteiger partial charge in [0.2, 0.25) is 0 Å². The van der Waals surface area contributed by atoms with Crippen molar-refractivity contribution in [3.05, 3.63) is 43.2 Å². The van der Waals surface area contributed by atoms with Crippen LogP contribution in [0, 0.1) is 0 Å². The van der Waals surface area contributed by atoms with Gasteiger partial charge in [0.05, 0.1) is 0 Å². The Morgan fingerprint density at radius 3 is 2.38 bits per heavy atom. The highest BCUT2D eigenvalue weighted by Crippen LogP contribution is 1.94. The zero-order valence-electron chi connectivity index (χ0n) is 7.82. The van der Waals surface area contributed by atoms with Crippen LogP contribution in [0.15, 0.2) is 43.2 Å². The molecule has 13 heavy (non-hydrogen) atoms. The number of aromatic nitrogens is 1. The third-order valence-corrected chi connectivity index (χ3v) is 1.85. The summed E-state index contributed by atoms with van der Waals surface area (Å²) in [6.07, 6.45) is 9.80. The monoisotopic (exact) mass is 241 g/mol. The van der Waals surface area contributed by atoms with Gasteiger partial charge in [0, 0.05) is 18.6 Å². The standard InChI is InChI=1S/C11H16N.BrH/c1-2-3-4-6-9-12-10-7-5-8-11-12;/h2,5,7-8,10-11H,1,3-4,6,9H2;1H/q+1;/p-1. The largest absolute Gasteiger partial charge is 1.00 e. The molecule has 0 unspecified atom stereocenters. The summed E-state index contributed by atoms with van der Waals surface area (Å²) in [6, 6.07) is 6.17. The summed E-state index contributed by atoms with van der Waals surface area (Å²) in [5.41, 5.74) is 0. The van der Waals surface area contributed by atoms with Gasteiger partial charge in [-0.05, 0) is 12.8 Å².